The molecule has 0 aromatic rings. The maximum Gasteiger partial charge on any atom is 0.407 e. The van der Waals surface area contributed by atoms with Crippen LogP contribution >= 0.6 is 0 Å². The number of nitrogens with one attached hydrogen (secondary N) is 1. The molecule has 0 aliphatic heterocycles. The molecule has 0 aromatic heterocycles. The average molecular weight is 188 g/mol. The molecule has 0 bridgehead atoms. The van der Waals surface area contributed by atoms with Gasteiger partial charge in [0.25, 0.3) is 0 Å². The van der Waals surface area contributed by atoms with Crippen LogP contribution in [0.25, 0.3) is 0 Å². The van der Waals surface area contributed by atoms with Gasteiger partial charge in [-0.3, -0.25) is 0 Å². The summed E-state index contributed by atoms with van der Waals surface area (Å²) in [5.74, 6) is 0. The zero-order valence-corrected chi connectivity index (χ0v) is 8.72. The largest absolute Gasteiger partial charge is 0.450 e. The first-order valence-corrected chi connectivity index (χ1v) is 4.79. The number of carbonyl (C=O) groups is 1. The molecule has 0 spiro atoms. The summed E-state index contributed by atoms with van der Waals surface area (Å²) in [5.41, 5.74) is 5.30. The normalized spacial score (nSPS) is 11.1. The second kappa shape index (κ2) is 5.80. The van der Waals surface area contributed by atoms with Gasteiger partial charge in [0, 0.05) is 6.54 Å². The monoisotopic (exact) mass is 188 g/mol. The molecule has 78 valence electrons. The summed E-state index contributed by atoms with van der Waals surface area (Å²) in [6, 6.07) is 0. The Morgan fingerprint density at radius 2 is 1.92 bits per heavy atom. The summed E-state index contributed by atoms with van der Waals surface area (Å²) in [4.78, 5) is 11.1. The Hall–Kier alpha value is -0.770. The molecule has 0 saturated heterocycles. The molecule has 1 amide bonds. The van der Waals surface area contributed by atoms with Crippen molar-refractivity contribution in [2.45, 2.75) is 39.2 Å². The fourth-order valence-corrected chi connectivity index (χ4v) is 1.15. The molecular weight excluding hydrogens is 168 g/mol. The first kappa shape index (κ1) is 12.2. The van der Waals surface area contributed by atoms with Crippen LogP contribution in [0.5, 0.6) is 0 Å². The highest BCUT2D eigenvalue weighted by Gasteiger charge is 2.26. The van der Waals surface area contributed by atoms with Gasteiger partial charge in [-0.05, 0) is 19.8 Å². The first-order valence-electron chi connectivity index (χ1n) is 4.79. The number of carbonyl (C=O) groups excluding carboxylic acids is 1. The Bertz CT molecular complexity index is 147. The van der Waals surface area contributed by atoms with E-state index in [1.165, 1.54) is 0 Å². The molecule has 0 atom stereocenters. The number of alkyl carbamates (subject to hydrolysis) is 1. The van der Waals surface area contributed by atoms with Crippen LogP contribution in [-0.2, 0) is 4.74 Å². The van der Waals surface area contributed by atoms with Crippen LogP contribution in [0, 0.1) is 0 Å². The molecule has 0 radical (unpaired) electrons. The summed E-state index contributed by atoms with van der Waals surface area (Å²) in [7, 11) is 0. The number of rotatable bonds is 5. The van der Waals surface area contributed by atoms with E-state index < -0.39 is 0 Å². The van der Waals surface area contributed by atoms with Gasteiger partial charge in [-0.25, -0.2) is 4.79 Å². The summed E-state index contributed by atoms with van der Waals surface area (Å²) in [5, 5.41) is 2.79. The smallest absolute Gasteiger partial charge is 0.407 e. The van der Waals surface area contributed by atoms with Crippen molar-refractivity contribution in [3.05, 3.63) is 0 Å². The molecule has 0 rings (SSSR count). The van der Waals surface area contributed by atoms with Gasteiger partial charge in [-0.1, -0.05) is 13.8 Å². The molecule has 0 saturated carbocycles. The SMILES string of the molecule is CCOC(=O)NC(CC)(CC)CN. The molecular formula is C9H20N2O2. The number of hydrogen-bond donors (Lipinski definition) is 2. The zero-order valence-electron chi connectivity index (χ0n) is 8.72. The van der Waals surface area contributed by atoms with Crippen molar-refractivity contribution in [1.29, 1.82) is 0 Å². The first-order chi connectivity index (χ1) is 6.14. The zero-order chi connectivity index (χ0) is 10.3. The molecule has 0 fully saturated rings. The van der Waals surface area contributed by atoms with Gasteiger partial charge >= 0.3 is 6.09 Å². The van der Waals surface area contributed by atoms with Crippen molar-refractivity contribution in [1.82, 2.24) is 5.32 Å². The summed E-state index contributed by atoms with van der Waals surface area (Å²) in [6.07, 6.45) is 1.26. The molecule has 0 aliphatic carbocycles. The number of ether oxygens (including phenoxy) is 1. The predicted molar refractivity (Wildman–Crippen MR) is 52.5 cm³/mol. The van der Waals surface area contributed by atoms with Crippen LogP contribution in [0.1, 0.15) is 33.6 Å². The van der Waals surface area contributed by atoms with Gasteiger partial charge in [0.1, 0.15) is 0 Å². The van der Waals surface area contributed by atoms with E-state index in [0.29, 0.717) is 13.2 Å². The Balaban J connectivity index is 4.16. The van der Waals surface area contributed by atoms with Crippen LogP contribution < -0.4 is 11.1 Å². The van der Waals surface area contributed by atoms with Crippen LogP contribution in [0.2, 0.25) is 0 Å². The highest BCUT2D eigenvalue weighted by atomic mass is 16.5. The molecule has 0 aliphatic rings. The third-order valence-electron chi connectivity index (χ3n) is 2.39. The fraction of sp³-hybridized carbons (Fsp3) is 0.889. The summed E-state index contributed by atoms with van der Waals surface area (Å²) in [6.45, 7) is 6.62. The highest BCUT2D eigenvalue weighted by Crippen LogP contribution is 2.13. The third kappa shape index (κ3) is 3.63. The van der Waals surface area contributed by atoms with Gasteiger partial charge in [-0.15, -0.1) is 0 Å². The topological polar surface area (TPSA) is 64.3 Å². The third-order valence-corrected chi connectivity index (χ3v) is 2.39. The van der Waals surface area contributed by atoms with Crippen molar-refractivity contribution in [2.24, 2.45) is 5.73 Å². The molecule has 4 nitrogen and oxygen atoms in total. The van der Waals surface area contributed by atoms with Crippen LogP contribution in [-0.4, -0.2) is 24.8 Å². The molecule has 0 heterocycles. The molecule has 0 unspecified atom stereocenters. The minimum atomic E-state index is -0.378. The van der Waals surface area contributed by atoms with Gasteiger partial charge in [0.15, 0.2) is 0 Å². The maximum absolute atomic E-state index is 11.1. The van der Waals surface area contributed by atoms with E-state index in [1.54, 1.807) is 6.92 Å². The van der Waals surface area contributed by atoms with Crippen molar-refractivity contribution in [3.63, 3.8) is 0 Å². The standard InChI is InChI=1S/C9H20N2O2/c1-4-9(5-2,7-10)11-8(12)13-6-3/h4-7,10H2,1-3H3,(H,11,12). The Morgan fingerprint density at radius 3 is 2.23 bits per heavy atom. The van der Waals surface area contributed by atoms with Gasteiger partial charge in [0.05, 0.1) is 12.1 Å². The van der Waals surface area contributed by atoms with Crippen molar-refractivity contribution in [2.75, 3.05) is 13.2 Å². The minimum Gasteiger partial charge on any atom is -0.450 e. The van der Waals surface area contributed by atoms with E-state index >= 15 is 0 Å². The van der Waals surface area contributed by atoms with Crippen LogP contribution in [0.3, 0.4) is 0 Å². The number of amides is 1. The molecule has 0 aromatic carbocycles. The molecule has 13 heavy (non-hydrogen) atoms. The van der Waals surface area contributed by atoms with E-state index in [-0.39, 0.29) is 11.6 Å². The summed E-state index contributed by atoms with van der Waals surface area (Å²) < 4.78 is 4.80. The lowest BCUT2D eigenvalue weighted by Crippen LogP contribution is -2.53. The second-order valence-corrected chi connectivity index (χ2v) is 3.04. The lowest BCUT2D eigenvalue weighted by Gasteiger charge is -2.30. The van der Waals surface area contributed by atoms with Crippen LogP contribution in [0.15, 0.2) is 0 Å². The van der Waals surface area contributed by atoms with E-state index in [2.05, 4.69) is 5.32 Å². The van der Waals surface area contributed by atoms with Gasteiger partial charge < -0.3 is 15.8 Å². The Morgan fingerprint density at radius 1 is 1.38 bits per heavy atom. The van der Waals surface area contributed by atoms with E-state index in [0.717, 1.165) is 12.8 Å². The van der Waals surface area contributed by atoms with E-state index in [1.807, 2.05) is 13.8 Å². The van der Waals surface area contributed by atoms with Crippen molar-refractivity contribution in [3.8, 4) is 0 Å². The van der Waals surface area contributed by atoms with Crippen LogP contribution in [0.4, 0.5) is 4.79 Å². The molecule has 4 heteroatoms. The fourth-order valence-electron chi connectivity index (χ4n) is 1.15. The number of nitrogens with two attached hydrogens (primary N) is 1. The number of hydrogen-bond acceptors (Lipinski definition) is 3. The van der Waals surface area contributed by atoms with Crippen molar-refractivity contribution >= 4 is 6.09 Å². The summed E-state index contributed by atoms with van der Waals surface area (Å²) >= 11 is 0. The lowest BCUT2D eigenvalue weighted by molar-refractivity contribution is 0.136. The quantitative estimate of drug-likeness (QED) is 0.682. The Kier molecular flexibility index (Phi) is 5.46. The van der Waals surface area contributed by atoms with Gasteiger partial charge in [-0.2, -0.15) is 0 Å². The predicted octanol–water partition coefficient (Wildman–Crippen LogP) is 1.25. The van der Waals surface area contributed by atoms with E-state index in [4.69, 9.17) is 10.5 Å². The average Bonchev–Trinajstić information content (AvgIpc) is 2.15. The minimum absolute atomic E-state index is 0.299. The van der Waals surface area contributed by atoms with E-state index in [9.17, 15) is 4.79 Å². The lowest BCUT2D eigenvalue weighted by atomic mass is 9.93. The molecule has 3 N–H and O–H groups in total. The van der Waals surface area contributed by atoms with Crippen molar-refractivity contribution < 1.29 is 9.53 Å². The maximum atomic E-state index is 11.1. The highest BCUT2D eigenvalue weighted by molar-refractivity contribution is 5.68. The second-order valence-electron chi connectivity index (χ2n) is 3.04. The van der Waals surface area contributed by atoms with Gasteiger partial charge in [0.2, 0.25) is 0 Å². The Labute approximate surface area is 79.8 Å².